The van der Waals surface area contributed by atoms with E-state index in [1.807, 2.05) is 41.2 Å². The van der Waals surface area contributed by atoms with E-state index in [4.69, 9.17) is 0 Å². The molecule has 3 heterocycles. The van der Waals surface area contributed by atoms with Gasteiger partial charge in [-0.2, -0.15) is 10.4 Å². The van der Waals surface area contributed by atoms with Gasteiger partial charge in [-0.05, 0) is 76.0 Å². The third-order valence-corrected chi connectivity index (χ3v) is 7.57. The predicted molar refractivity (Wildman–Crippen MR) is 142 cm³/mol. The number of nitrogens with zero attached hydrogens (tertiary/aromatic N) is 6. The number of rotatable bonds is 8. The Labute approximate surface area is 217 Å². The van der Waals surface area contributed by atoms with Crippen LogP contribution in [0.1, 0.15) is 61.3 Å². The van der Waals surface area contributed by atoms with Gasteiger partial charge in [0.05, 0.1) is 30.4 Å². The second-order valence-corrected chi connectivity index (χ2v) is 10.2. The van der Waals surface area contributed by atoms with Crippen LogP contribution in [0.3, 0.4) is 0 Å². The number of aromatic nitrogens is 4. The number of amides is 1. The van der Waals surface area contributed by atoms with Gasteiger partial charge < -0.3 is 15.5 Å². The van der Waals surface area contributed by atoms with Gasteiger partial charge in [-0.1, -0.05) is 18.9 Å². The summed E-state index contributed by atoms with van der Waals surface area (Å²) in [5.74, 6) is 0.885. The topological polar surface area (TPSA) is 112 Å². The maximum absolute atomic E-state index is 12.8. The average molecular weight is 499 g/mol. The van der Waals surface area contributed by atoms with Crippen LogP contribution in [-0.2, 0) is 0 Å². The highest BCUT2D eigenvalue weighted by molar-refractivity contribution is 5.95. The number of likely N-dealkylation sites (tertiary alicyclic amines) is 1. The Morgan fingerprint density at radius 1 is 1.19 bits per heavy atom. The normalized spacial score (nSPS) is 17.8. The van der Waals surface area contributed by atoms with Crippen molar-refractivity contribution >= 4 is 17.5 Å². The van der Waals surface area contributed by atoms with E-state index in [1.165, 1.54) is 12.8 Å². The number of hydrogen-bond acceptors (Lipinski definition) is 7. The largest absolute Gasteiger partial charge is 0.349 e. The van der Waals surface area contributed by atoms with Crippen LogP contribution in [-0.4, -0.2) is 56.7 Å². The summed E-state index contributed by atoms with van der Waals surface area (Å²) in [7, 11) is 2.11. The van der Waals surface area contributed by atoms with Gasteiger partial charge in [0, 0.05) is 35.2 Å². The lowest BCUT2D eigenvalue weighted by molar-refractivity contribution is 0.0917. The number of nitriles is 1. The van der Waals surface area contributed by atoms with Crippen molar-refractivity contribution in [2.45, 2.75) is 57.0 Å². The highest BCUT2D eigenvalue weighted by Gasteiger charge is 2.27. The zero-order valence-electron chi connectivity index (χ0n) is 21.3. The Bertz CT molecular complexity index is 1250. The van der Waals surface area contributed by atoms with Crippen molar-refractivity contribution in [3.8, 4) is 17.3 Å². The minimum atomic E-state index is -0.0607. The Morgan fingerprint density at radius 3 is 2.78 bits per heavy atom. The highest BCUT2D eigenvalue weighted by Crippen LogP contribution is 2.36. The molecule has 5 rings (SSSR count). The summed E-state index contributed by atoms with van der Waals surface area (Å²) in [6.45, 7) is 2.00. The molecule has 1 aliphatic carbocycles. The molecule has 9 nitrogen and oxygen atoms in total. The molecular formula is C28H34N8O. The predicted octanol–water partition coefficient (Wildman–Crippen LogP) is 4.55. The Balaban J connectivity index is 1.26. The summed E-state index contributed by atoms with van der Waals surface area (Å²) >= 11 is 0. The van der Waals surface area contributed by atoms with E-state index in [2.05, 4.69) is 43.7 Å². The lowest BCUT2D eigenvalue weighted by Crippen LogP contribution is -2.43. The molecule has 9 heteroatoms. The van der Waals surface area contributed by atoms with Crippen LogP contribution in [0.4, 0.5) is 11.6 Å². The molecule has 1 amide bonds. The van der Waals surface area contributed by atoms with E-state index < -0.39 is 0 Å². The first-order valence-electron chi connectivity index (χ1n) is 13.2. The van der Waals surface area contributed by atoms with Gasteiger partial charge in [0.1, 0.15) is 0 Å². The van der Waals surface area contributed by atoms with Crippen LogP contribution >= 0.6 is 0 Å². The lowest BCUT2D eigenvalue weighted by Gasteiger charge is -2.29. The van der Waals surface area contributed by atoms with Crippen molar-refractivity contribution in [1.82, 2.24) is 30.0 Å². The minimum absolute atomic E-state index is 0.0607. The molecule has 2 N–H and O–H groups in total. The quantitative estimate of drug-likeness (QED) is 0.468. The van der Waals surface area contributed by atoms with Crippen molar-refractivity contribution in [3.05, 3.63) is 54.5 Å². The Hall–Kier alpha value is -3.77. The third kappa shape index (κ3) is 6.15. The molecule has 1 aliphatic heterocycles. The maximum Gasteiger partial charge on any atom is 0.251 e. The molecule has 1 unspecified atom stereocenters. The smallest absolute Gasteiger partial charge is 0.251 e. The number of nitrogens with one attached hydrogen (secondary N) is 2. The third-order valence-electron chi connectivity index (χ3n) is 7.57. The van der Waals surface area contributed by atoms with Crippen LogP contribution in [0.25, 0.3) is 11.3 Å². The zero-order valence-corrected chi connectivity index (χ0v) is 21.3. The average Bonchev–Trinajstić information content (AvgIpc) is 3.62. The van der Waals surface area contributed by atoms with Crippen molar-refractivity contribution in [1.29, 1.82) is 5.26 Å². The zero-order chi connectivity index (χ0) is 25.6. The first-order chi connectivity index (χ1) is 18.1. The number of piperidine rings is 1. The SMILES string of the molecule is CN1CCC(NC(=O)c2cccc(Nc3nccc(-c4cnn(C(CC#N)C5CCCC5)c4)n3)c2)CC1. The molecule has 1 saturated heterocycles. The summed E-state index contributed by atoms with van der Waals surface area (Å²) in [5.41, 5.74) is 3.00. The van der Waals surface area contributed by atoms with Crippen LogP contribution < -0.4 is 10.6 Å². The number of carbonyl (C=O) groups excluding carboxylic acids is 1. The van der Waals surface area contributed by atoms with Crippen LogP contribution in [0.15, 0.2) is 48.9 Å². The second kappa shape index (κ2) is 11.5. The summed E-state index contributed by atoms with van der Waals surface area (Å²) in [5, 5.41) is 20.3. The van der Waals surface area contributed by atoms with Gasteiger partial charge in [0.2, 0.25) is 5.95 Å². The second-order valence-electron chi connectivity index (χ2n) is 10.2. The molecule has 192 valence electrons. The first-order valence-corrected chi connectivity index (χ1v) is 13.2. The van der Waals surface area contributed by atoms with Crippen molar-refractivity contribution in [2.75, 3.05) is 25.5 Å². The first kappa shape index (κ1) is 24.9. The highest BCUT2D eigenvalue weighted by atomic mass is 16.1. The number of anilines is 2. The van der Waals surface area contributed by atoms with Crippen LogP contribution in [0.2, 0.25) is 0 Å². The summed E-state index contributed by atoms with van der Waals surface area (Å²) < 4.78 is 1.94. The van der Waals surface area contributed by atoms with E-state index in [0.717, 1.165) is 55.7 Å². The minimum Gasteiger partial charge on any atom is -0.349 e. The molecule has 1 aromatic carbocycles. The molecule has 3 aromatic rings. The van der Waals surface area contributed by atoms with Gasteiger partial charge in [-0.15, -0.1) is 0 Å². The monoisotopic (exact) mass is 498 g/mol. The van der Waals surface area contributed by atoms with E-state index >= 15 is 0 Å². The molecule has 1 atom stereocenters. The van der Waals surface area contributed by atoms with E-state index in [-0.39, 0.29) is 18.0 Å². The fourth-order valence-electron chi connectivity index (χ4n) is 5.43. The van der Waals surface area contributed by atoms with Crippen molar-refractivity contribution < 1.29 is 4.79 Å². The maximum atomic E-state index is 12.8. The van der Waals surface area contributed by atoms with Gasteiger partial charge in [0.15, 0.2) is 0 Å². The van der Waals surface area contributed by atoms with Crippen LogP contribution in [0, 0.1) is 17.2 Å². The number of benzene rings is 1. The van der Waals surface area contributed by atoms with Crippen molar-refractivity contribution in [3.63, 3.8) is 0 Å². The lowest BCUT2D eigenvalue weighted by atomic mass is 9.96. The van der Waals surface area contributed by atoms with Gasteiger partial charge in [0.25, 0.3) is 5.91 Å². The fourth-order valence-corrected chi connectivity index (χ4v) is 5.43. The summed E-state index contributed by atoms with van der Waals surface area (Å²) in [4.78, 5) is 24.2. The van der Waals surface area contributed by atoms with Gasteiger partial charge in [-0.3, -0.25) is 9.48 Å². The summed E-state index contributed by atoms with van der Waals surface area (Å²) in [6.07, 6.45) is 12.7. The molecule has 0 radical (unpaired) electrons. The molecule has 2 aromatic heterocycles. The van der Waals surface area contributed by atoms with Gasteiger partial charge in [-0.25, -0.2) is 9.97 Å². The molecule has 0 spiro atoms. The molecule has 2 fully saturated rings. The molecular weight excluding hydrogens is 464 g/mol. The van der Waals surface area contributed by atoms with E-state index in [9.17, 15) is 10.1 Å². The molecule has 37 heavy (non-hydrogen) atoms. The van der Waals surface area contributed by atoms with Crippen LogP contribution in [0.5, 0.6) is 0 Å². The fraction of sp³-hybridized carbons (Fsp3) is 0.464. The Kier molecular flexibility index (Phi) is 7.76. The number of carbonyl (C=O) groups is 1. The molecule has 0 bridgehead atoms. The molecule has 1 saturated carbocycles. The van der Waals surface area contributed by atoms with Gasteiger partial charge >= 0.3 is 0 Å². The standard InChI is InChI=1S/C28H34N8O/c1-35-15-11-23(12-16-35)32-27(37)21-7-4-8-24(17-21)33-28-30-14-10-25(34-28)22-18-31-36(19-22)26(9-13-29)20-5-2-3-6-20/h4,7-8,10,14,17-20,23,26H,2-3,5-6,9,11-12,15-16H2,1H3,(H,32,37)(H,30,33,34). The van der Waals surface area contributed by atoms with Crippen molar-refractivity contribution in [2.24, 2.45) is 5.92 Å². The summed E-state index contributed by atoms with van der Waals surface area (Å²) in [6, 6.07) is 11.9. The molecule has 2 aliphatic rings. The number of hydrogen-bond donors (Lipinski definition) is 2. The van der Waals surface area contributed by atoms with E-state index in [1.54, 1.807) is 12.4 Å². The van der Waals surface area contributed by atoms with E-state index in [0.29, 0.717) is 23.9 Å². The Morgan fingerprint density at radius 2 is 2.00 bits per heavy atom.